The van der Waals surface area contributed by atoms with Crippen LogP contribution in [0, 0.1) is 5.82 Å². The Labute approximate surface area is 162 Å². The molecule has 1 aliphatic rings. The van der Waals surface area contributed by atoms with Gasteiger partial charge in [-0.1, -0.05) is 6.07 Å². The average molecular weight is 381 g/mol. The van der Waals surface area contributed by atoms with Crippen molar-refractivity contribution in [3.63, 3.8) is 0 Å². The number of benzene rings is 1. The smallest absolute Gasteiger partial charge is 0.276 e. The van der Waals surface area contributed by atoms with Crippen LogP contribution in [0.25, 0.3) is 0 Å². The lowest BCUT2D eigenvalue weighted by atomic mass is 10.2. The number of anilines is 2. The third-order valence-electron chi connectivity index (χ3n) is 4.50. The molecule has 0 aliphatic carbocycles. The first-order valence-electron chi connectivity index (χ1n) is 8.92. The maximum atomic E-state index is 13.1. The van der Waals surface area contributed by atoms with Crippen LogP contribution in [0.4, 0.5) is 15.9 Å². The molecule has 0 atom stereocenters. The third kappa shape index (κ3) is 3.53. The van der Waals surface area contributed by atoms with Gasteiger partial charge < -0.3 is 14.5 Å². The van der Waals surface area contributed by atoms with Crippen molar-refractivity contribution in [2.75, 3.05) is 30.4 Å². The fraction of sp³-hybridized carbons (Fsp3) is 0.250. The van der Waals surface area contributed by atoms with Crippen LogP contribution in [0.2, 0.25) is 0 Å². The van der Waals surface area contributed by atoms with Crippen LogP contribution >= 0.6 is 0 Å². The van der Waals surface area contributed by atoms with Crippen LogP contribution in [0.1, 0.15) is 16.2 Å². The van der Waals surface area contributed by atoms with Crippen LogP contribution in [0.15, 0.2) is 48.5 Å². The summed E-state index contributed by atoms with van der Waals surface area (Å²) in [6.45, 7) is 1.26. The molecule has 7 nitrogen and oxygen atoms in total. The second-order valence-corrected chi connectivity index (χ2v) is 6.69. The van der Waals surface area contributed by atoms with Crippen molar-refractivity contribution in [2.24, 2.45) is 0 Å². The zero-order chi connectivity index (χ0) is 19.7. The number of carbonyl (C=O) groups is 1. The molecular formula is C20H20FN5O2. The van der Waals surface area contributed by atoms with E-state index >= 15 is 0 Å². The molecule has 0 saturated heterocycles. The molecule has 0 radical (unpaired) electrons. The van der Waals surface area contributed by atoms with Gasteiger partial charge in [0.15, 0.2) is 0 Å². The Balaban J connectivity index is 1.48. The van der Waals surface area contributed by atoms with E-state index in [1.807, 2.05) is 31.1 Å². The zero-order valence-corrected chi connectivity index (χ0v) is 15.7. The highest BCUT2D eigenvalue weighted by Crippen LogP contribution is 2.22. The highest BCUT2D eigenvalue weighted by Gasteiger charge is 2.27. The molecule has 8 heteroatoms. The van der Waals surface area contributed by atoms with Crippen LogP contribution < -0.4 is 14.5 Å². The first-order chi connectivity index (χ1) is 13.5. The number of pyridine rings is 1. The van der Waals surface area contributed by atoms with Crippen LogP contribution in [0.3, 0.4) is 0 Å². The van der Waals surface area contributed by atoms with Crippen molar-refractivity contribution in [3.8, 4) is 5.88 Å². The number of fused-ring (bicyclic) bond motifs is 1. The fourth-order valence-corrected chi connectivity index (χ4v) is 3.07. The Morgan fingerprint density at radius 3 is 2.68 bits per heavy atom. The third-order valence-corrected chi connectivity index (χ3v) is 4.50. The molecule has 144 valence electrons. The molecule has 2 aromatic heterocycles. The summed E-state index contributed by atoms with van der Waals surface area (Å²) in [7, 11) is 3.82. The predicted octanol–water partition coefficient (Wildman–Crippen LogP) is 2.72. The lowest BCUT2D eigenvalue weighted by molar-refractivity contribution is 0.0962. The van der Waals surface area contributed by atoms with E-state index in [-0.39, 0.29) is 18.3 Å². The number of hydrogen-bond donors (Lipinski definition) is 0. The molecule has 1 aliphatic heterocycles. The minimum atomic E-state index is -0.329. The largest absolute Gasteiger partial charge is 0.471 e. The van der Waals surface area contributed by atoms with Gasteiger partial charge in [0, 0.05) is 32.4 Å². The number of halogens is 1. The number of hydrogen-bond acceptors (Lipinski definition) is 5. The quantitative estimate of drug-likeness (QED) is 0.680. The summed E-state index contributed by atoms with van der Waals surface area (Å²) in [5.74, 6) is 0.803. The number of aromatic nitrogens is 3. The Hall–Kier alpha value is -3.42. The Morgan fingerprint density at radius 2 is 1.93 bits per heavy atom. The summed E-state index contributed by atoms with van der Waals surface area (Å²) < 4.78 is 20.6. The maximum absolute atomic E-state index is 13.1. The van der Waals surface area contributed by atoms with Gasteiger partial charge in [-0.2, -0.15) is 10.1 Å². The van der Waals surface area contributed by atoms with E-state index in [2.05, 4.69) is 10.1 Å². The van der Waals surface area contributed by atoms with E-state index in [1.165, 1.54) is 12.1 Å². The molecule has 3 heterocycles. The van der Waals surface area contributed by atoms with Crippen LogP contribution in [-0.2, 0) is 13.2 Å². The average Bonchev–Trinajstić information content (AvgIpc) is 3.12. The van der Waals surface area contributed by atoms with Gasteiger partial charge >= 0.3 is 0 Å². The second-order valence-electron chi connectivity index (χ2n) is 6.69. The van der Waals surface area contributed by atoms with Gasteiger partial charge in [0.05, 0.1) is 6.54 Å². The van der Waals surface area contributed by atoms with E-state index < -0.39 is 0 Å². The first-order valence-corrected chi connectivity index (χ1v) is 8.92. The molecule has 1 aromatic carbocycles. The number of nitrogens with zero attached hydrogens (tertiary/aromatic N) is 5. The number of ether oxygens (including phenoxy) is 1. The summed E-state index contributed by atoms with van der Waals surface area (Å²) in [6, 6.07) is 13.2. The van der Waals surface area contributed by atoms with E-state index in [0.717, 1.165) is 5.82 Å². The molecule has 0 fully saturated rings. The van der Waals surface area contributed by atoms with Gasteiger partial charge in [0.1, 0.15) is 29.6 Å². The summed E-state index contributed by atoms with van der Waals surface area (Å²) in [5, 5.41) is 4.46. The van der Waals surface area contributed by atoms with Gasteiger partial charge in [-0.15, -0.1) is 0 Å². The normalized spacial score (nSPS) is 13.4. The van der Waals surface area contributed by atoms with Crippen molar-refractivity contribution in [1.82, 2.24) is 14.8 Å². The predicted molar refractivity (Wildman–Crippen MR) is 103 cm³/mol. The highest BCUT2D eigenvalue weighted by molar-refractivity contribution is 6.05. The minimum absolute atomic E-state index is 0.163. The first kappa shape index (κ1) is 18.0. The van der Waals surface area contributed by atoms with Gasteiger partial charge in [0.25, 0.3) is 5.91 Å². The minimum Gasteiger partial charge on any atom is -0.471 e. The van der Waals surface area contributed by atoms with Gasteiger partial charge in [0.2, 0.25) is 5.88 Å². The summed E-state index contributed by atoms with van der Waals surface area (Å²) in [4.78, 5) is 20.8. The van der Waals surface area contributed by atoms with Crippen molar-refractivity contribution in [2.45, 2.75) is 13.2 Å². The molecule has 0 unspecified atom stereocenters. The van der Waals surface area contributed by atoms with Crippen molar-refractivity contribution in [1.29, 1.82) is 0 Å². The van der Waals surface area contributed by atoms with Gasteiger partial charge in [-0.05, 0) is 36.4 Å². The molecular weight excluding hydrogens is 361 g/mol. The molecule has 4 rings (SSSR count). The monoisotopic (exact) mass is 381 g/mol. The van der Waals surface area contributed by atoms with E-state index in [4.69, 9.17) is 4.74 Å². The lowest BCUT2D eigenvalue weighted by Crippen LogP contribution is -2.40. The number of rotatable bonds is 5. The molecule has 1 amide bonds. The lowest BCUT2D eigenvalue weighted by Gasteiger charge is -2.27. The standard InChI is InChI=1S/C20H20FN5O2/c1-24(2)18-4-3-5-19(22-18)28-13-15-12-17-20(27)25(10-11-26(17)23-15)16-8-6-14(21)7-9-16/h3-9,12H,10-11,13H2,1-2H3. The molecule has 0 N–H and O–H groups in total. The molecule has 0 spiro atoms. The van der Waals surface area contributed by atoms with Gasteiger partial charge in [-0.3, -0.25) is 9.48 Å². The molecule has 28 heavy (non-hydrogen) atoms. The number of carbonyl (C=O) groups excluding carboxylic acids is 1. The summed E-state index contributed by atoms with van der Waals surface area (Å²) in [6.07, 6.45) is 0. The summed E-state index contributed by atoms with van der Waals surface area (Å²) >= 11 is 0. The SMILES string of the molecule is CN(C)c1cccc(OCc2cc3n(n2)CCN(c2ccc(F)cc2)C3=O)n1. The van der Waals surface area contributed by atoms with E-state index in [9.17, 15) is 9.18 Å². The van der Waals surface area contributed by atoms with Crippen LogP contribution in [-0.4, -0.2) is 41.3 Å². The zero-order valence-electron chi connectivity index (χ0n) is 15.7. The molecule has 0 saturated carbocycles. The fourth-order valence-electron chi connectivity index (χ4n) is 3.07. The topological polar surface area (TPSA) is 63.5 Å². The molecule has 3 aromatic rings. The van der Waals surface area contributed by atoms with Crippen molar-refractivity contribution in [3.05, 3.63) is 65.7 Å². The Kier molecular flexibility index (Phi) is 4.68. The van der Waals surface area contributed by atoms with Crippen LogP contribution in [0.5, 0.6) is 5.88 Å². The molecule has 0 bridgehead atoms. The van der Waals surface area contributed by atoms with Crippen molar-refractivity contribution >= 4 is 17.4 Å². The highest BCUT2D eigenvalue weighted by atomic mass is 19.1. The Morgan fingerprint density at radius 1 is 1.14 bits per heavy atom. The van der Waals surface area contributed by atoms with Gasteiger partial charge in [-0.25, -0.2) is 4.39 Å². The van der Waals surface area contributed by atoms with E-state index in [0.29, 0.717) is 36.0 Å². The number of amides is 1. The second kappa shape index (κ2) is 7.30. The Bertz CT molecular complexity index is 1000. The van der Waals surface area contributed by atoms with E-state index in [1.54, 1.807) is 33.8 Å². The summed E-state index contributed by atoms with van der Waals surface area (Å²) in [5.41, 5.74) is 1.81. The van der Waals surface area contributed by atoms with Crippen molar-refractivity contribution < 1.29 is 13.9 Å². The maximum Gasteiger partial charge on any atom is 0.276 e.